The highest BCUT2D eigenvalue weighted by Crippen LogP contribution is 2.40. The number of amidine groups is 1. The Kier molecular flexibility index (Phi) is 9.04. The highest BCUT2D eigenvalue weighted by molar-refractivity contribution is 9.10. The number of carboxylic acids is 1. The van der Waals surface area contributed by atoms with Gasteiger partial charge < -0.3 is 14.6 Å². The Morgan fingerprint density at radius 3 is 2.53 bits per heavy atom. The number of benzene rings is 3. The van der Waals surface area contributed by atoms with Gasteiger partial charge in [-0.3, -0.25) is 9.69 Å². The Balaban J connectivity index is 1.58. The molecule has 1 saturated heterocycles. The van der Waals surface area contributed by atoms with Crippen LogP contribution in [0.4, 0.5) is 5.69 Å². The fraction of sp³-hybridized carbons (Fsp3) is 0.148. The molecule has 0 aromatic heterocycles. The number of carbonyl (C=O) groups excluding carboxylic acids is 1. The van der Waals surface area contributed by atoms with Crippen LogP contribution in [0.3, 0.4) is 0 Å². The van der Waals surface area contributed by atoms with Gasteiger partial charge in [0.15, 0.2) is 16.7 Å². The van der Waals surface area contributed by atoms with Gasteiger partial charge in [-0.15, -0.1) is 0 Å². The molecule has 4 rings (SSSR count). The van der Waals surface area contributed by atoms with Gasteiger partial charge in [0.05, 0.1) is 27.7 Å². The molecule has 3 aromatic carbocycles. The molecule has 1 fully saturated rings. The van der Waals surface area contributed by atoms with E-state index in [4.69, 9.17) is 37.8 Å². The summed E-state index contributed by atoms with van der Waals surface area (Å²) in [5.74, 6) is -0.215. The van der Waals surface area contributed by atoms with Crippen molar-refractivity contribution >= 4 is 79.7 Å². The second-order valence-electron chi connectivity index (χ2n) is 7.96. The number of nitrogens with zero attached hydrogens (tertiary/aromatic N) is 2. The molecular weight excluding hydrogens is 615 g/mol. The molecule has 3 aromatic rings. The monoisotopic (exact) mass is 634 g/mol. The summed E-state index contributed by atoms with van der Waals surface area (Å²) in [4.78, 5) is 30.8. The molecule has 1 aliphatic heterocycles. The summed E-state index contributed by atoms with van der Waals surface area (Å²) in [7, 11) is 1.54. The van der Waals surface area contributed by atoms with Crippen molar-refractivity contribution in [2.24, 2.45) is 4.99 Å². The Morgan fingerprint density at radius 1 is 1.16 bits per heavy atom. The summed E-state index contributed by atoms with van der Waals surface area (Å²) < 4.78 is 12.2. The fourth-order valence-electron chi connectivity index (χ4n) is 3.56. The Labute approximate surface area is 242 Å². The lowest BCUT2D eigenvalue weighted by Crippen LogP contribution is -2.28. The molecule has 0 aliphatic carbocycles. The molecule has 0 radical (unpaired) electrons. The van der Waals surface area contributed by atoms with Crippen molar-refractivity contribution < 1.29 is 24.2 Å². The first-order chi connectivity index (χ1) is 18.2. The van der Waals surface area contributed by atoms with Crippen LogP contribution in [0.25, 0.3) is 6.08 Å². The van der Waals surface area contributed by atoms with Gasteiger partial charge in [-0.05, 0) is 94.8 Å². The molecule has 196 valence electrons. The second-order valence-corrected chi connectivity index (χ2v) is 10.7. The molecule has 0 atom stereocenters. The lowest BCUT2D eigenvalue weighted by molar-refractivity contribution is -0.122. The number of thioether (sulfide) groups is 1. The van der Waals surface area contributed by atoms with E-state index in [0.717, 1.165) is 11.1 Å². The number of methoxy groups -OCH3 is 1. The van der Waals surface area contributed by atoms with Crippen molar-refractivity contribution in [3.05, 3.63) is 90.7 Å². The van der Waals surface area contributed by atoms with Crippen LogP contribution in [0.1, 0.15) is 28.4 Å². The fourth-order valence-corrected chi connectivity index (χ4v) is 5.66. The average molecular weight is 636 g/mol. The molecule has 1 heterocycles. The third kappa shape index (κ3) is 6.35. The van der Waals surface area contributed by atoms with Crippen LogP contribution < -0.4 is 9.47 Å². The molecular formula is C27H21BrCl2N2O5S. The lowest BCUT2D eigenvalue weighted by atomic mass is 10.1. The van der Waals surface area contributed by atoms with E-state index in [0.29, 0.717) is 48.3 Å². The van der Waals surface area contributed by atoms with Crippen LogP contribution >= 0.6 is 50.9 Å². The second kappa shape index (κ2) is 12.3. The third-order valence-electron chi connectivity index (χ3n) is 5.48. The number of rotatable bonds is 8. The van der Waals surface area contributed by atoms with Gasteiger partial charge in [-0.25, -0.2) is 9.79 Å². The minimum atomic E-state index is -1.01. The molecule has 1 amide bonds. The first-order valence-corrected chi connectivity index (χ1v) is 13.6. The van der Waals surface area contributed by atoms with Crippen molar-refractivity contribution in [2.75, 3.05) is 13.7 Å². The van der Waals surface area contributed by atoms with Crippen molar-refractivity contribution in [3.63, 3.8) is 0 Å². The number of amides is 1. The van der Waals surface area contributed by atoms with Crippen LogP contribution in [0.15, 0.2) is 69.0 Å². The summed E-state index contributed by atoms with van der Waals surface area (Å²) >= 11 is 17.0. The quantitative estimate of drug-likeness (QED) is 0.256. The van der Waals surface area contributed by atoms with E-state index in [1.807, 2.05) is 13.0 Å². The number of hydrogen-bond donors (Lipinski definition) is 1. The van der Waals surface area contributed by atoms with Crippen LogP contribution in [0, 0.1) is 0 Å². The maximum absolute atomic E-state index is 13.1. The summed E-state index contributed by atoms with van der Waals surface area (Å²) in [6.45, 7) is 2.50. The van der Waals surface area contributed by atoms with Crippen molar-refractivity contribution in [2.45, 2.75) is 13.5 Å². The minimum absolute atomic E-state index is 0.167. The number of carbonyl (C=O) groups is 2. The highest BCUT2D eigenvalue weighted by Gasteiger charge is 2.32. The zero-order valence-corrected chi connectivity index (χ0v) is 24.1. The van der Waals surface area contributed by atoms with E-state index in [1.165, 1.54) is 31.0 Å². The van der Waals surface area contributed by atoms with Gasteiger partial charge in [0.25, 0.3) is 5.91 Å². The van der Waals surface area contributed by atoms with E-state index >= 15 is 0 Å². The van der Waals surface area contributed by atoms with Gasteiger partial charge in [0.2, 0.25) is 0 Å². The van der Waals surface area contributed by atoms with Crippen LogP contribution in [-0.4, -0.2) is 40.7 Å². The predicted molar refractivity (Wildman–Crippen MR) is 155 cm³/mol. The number of halogens is 3. The van der Waals surface area contributed by atoms with Crippen molar-refractivity contribution in [3.8, 4) is 11.5 Å². The van der Waals surface area contributed by atoms with Crippen molar-refractivity contribution in [1.82, 2.24) is 4.90 Å². The zero-order valence-electron chi connectivity index (χ0n) is 20.2. The smallest absolute Gasteiger partial charge is 0.335 e. The highest BCUT2D eigenvalue weighted by atomic mass is 79.9. The Morgan fingerprint density at radius 2 is 1.89 bits per heavy atom. The maximum Gasteiger partial charge on any atom is 0.335 e. The first kappa shape index (κ1) is 28.0. The van der Waals surface area contributed by atoms with Crippen LogP contribution in [-0.2, 0) is 11.4 Å². The van der Waals surface area contributed by atoms with Gasteiger partial charge in [-0.2, -0.15) is 0 Å². The molecule has 0 spiro atoms. The number of carboxylic acid groups (broad SMARTS) is 1. The summed E-state index contributed by atoms with van der Waals surface area (Å²) in [6, 6.07) is 15.0. The standard InChI is InChI=1S/C27H21BrCl2N2O5S/c1-3-32-25(33)23(38-27(32)31-19-8-5-16(6-9-19)26(34)35)12-15-10-20(28)24(22(11-15)36-2)37-14-17-4-7-18(29)13-21(17)30/h4-13H,3,14H2,1-2H3,(H,34,35)/b23-12-,31-27?. The van der Waals surface area contributed by atoms with Gasteiger partial charge in [0, 0.05) is 22.2 Å². The van der Waals surface area contributed by atoms with E-state index in [-0.39, 0.29) is 18.1 Å². The molecule has 38 heavy (non-hydrogen) atoms. The normalized spacial score (nSPS) is 15.4. The van der Waals surface area contributed by atoms with Gasteiger partial charge in [0.1, 0.15) is 6.61 Å². The Bertz CT molecular complexity index is 1460. The first-order valence-electron chi connectivity index (χ1n) is 11.3. The molecule has 11 heteroatoms. The summed E-state index contributed by atoms with van der Waals surface area (Å²) in [5, 5.41) is 10.7. The van der Waals surface area contributed by atoms with Gasteiger partial charge in [-0.1, -0.05) is 29.3 Å². The van der Waals surface area contributed by atoms with Gasteiger partial charge >= 0.3 is 5.97 Å². The number of likely N-dealkylation sites (N-methyl/N-ethyl adjacent to an activating group) is 1. The van der Waals surface area contributed by atoms with E-state index in [9.17, 15) is 9.59 Å². The van der Waals surface area contributed by atoms with E-state index in [2.05, 4.69) is 20.9 Å². The number of hydrogen-bond acceptors (Lipinski definition) is 6. The number of ether oxygens (including phenoxy) is 2. The Hall–Kier alpha value is -2.98. The summed E-state index contributed by atoms with van der Waals surface area (Å²) in [6.07, 6.45) is 1.76. The van der Waals surface area contributed by atoms with Crippen LogP contribution in [0.2, 0.25) is 10.0 Å². The molecule has 0 saturated carbocycles. The SMILES string of the molecule is CCN1C(=O)/C(=C/c2cc(Br)c(OCc3ccc(Cl)cc3Cl)c(OC)c2)SC1=Nc1ccc(C(=O)O)cc1. The van der Waals surface area contributed by atoms with E-state index in [1.54, 1.807) is 47.4 Å². The lowest BCUT2D eigenvalue weighted by Gasteiger charge is -2.14. The topological polar surface area (TPSA) is 88.4 Å². The largest absolute Gasteiger partial charge is 0.493 e. The zero-order chi connectivity index (χ0) is 27.4. The minimum Gasteiger partial charge on any atom is -0.493 e. The van der Waals surface area contributed by atoms with Crippen LogP contribution in [0.5, 0.6) is 11.5 Å². The number of aromatic carboxylic acids is 1. The summed E-state index contributed by atoms with van der Waals surface area (Å²) in [5.41, 5.74) is 2.22. The molecule has 0 bridgehead atoms. The van der Waals surface area contributed by atoms with E-state index < -0.39 is 5.97 Å². The maximum atomic E-state index is 13.1. The average Bonchev–Trinajstić information content (AvgIpc) is 3.17. The predicted octanol–water partition coefficient (Wildman–Crippen LogP) is 7.67. The van der Waals surface area contributed by atoms with Crippen molar-refractivity contribution in [1.29, 1.82) is 0 Å². The molecule has 1 aliphatic rings. The third-order valence-corrected chi connectivity index (χ3v) is 7.66. The molecule has 7 nitrogen and oxygen atoms in total. The molecule has 0 unspecified atom stereocenters. The molecule has 1 N–H and O–H groups in total. The number of aliphatic imine (C=N–C) groups is 1.